The van der Waals surface area contributed by atoms with Crippen molar-refractivity contribution in [2.45, 2.75) is 38.3 Å². The van der Waals surface area contributed by atoms with Crippen LogP contribution in [0, 0.1) is 12.7 Å². The average Bonchev–Trinajstić information content (AvgIpc) is 2.87. The van der Waals surface area contributed by atoms with Crippen LogP contribution in [0.3, 0.4) is 0 Å². The second-order valence-electron chi connectivity index (χ2n) is 8.49. The van der Waals surface area contributed by atoms with E-state index >= 15 is 0 Å². The molecule has 3 rings (SSSR count). The Balaban J connectivity index is 2.03. The van der Waals surface area contributed by atoms with E-state index in [0.717, 1.165) is 15.9 Å². The van der Waals surface area contributed by atoms with Gasteiger partial charge in [-0.05, 0) is 62.7 Å². The van der Waals surface area contributed by atoms with Crippen LogP contribution in [0.2, 0.25) is 5.02 Å². The van der Waals surface area contributed by atoms with Crippen molar-refractivity contribution in [1.82, 2.24) is 10.2 Å². The van der Waals surface area contributed by atoms with Crippen molar-refractivity contribution in [3.05, 3.63) is 94.8 Å². The summed E-state index contributed by atoms with van der Waals surface area (Å²) in [6, 6.07) is 17.2. The third kappa shape index (κ3) is 6.87. The molecule has 0 aliphatic carbocycles. The molecule has 0 aliphatic heterocycles. The number of carbonyl (C=O) groups is 2. The molecule has 3 aromatic carbocycles. The van der Waals surface area contributed by atoms with Gasteiger partial charge in [0, 0.05) is 18.1 Å². The van der Waals surface area contributed by atoms with Crippen LogP contribution in [0.1, 0.15) is 25.0 Å². The molecule has 0 saturated heterocycles. The molecule has 196 valence electrons. The van der Waals surface area contributed by atoms with E-state index < -0.39 is 40.2 Å². The molecule has 37 heavy (non-hydrogen) atoms. The van der Waals surface area contributed by atoms with E-state index in [-0.39, 0.29) is 17.1 Å². The van der Waals surface area contributed by atoms with E-state index in [9.17, 15) is 22.4 Å². The van der Waals surface area contributed by atoms with Crippen LogP contribution in [0.4, 0.5) is 10.1 Å². The van der Waals surface area contributed by atoms with E-state index in [4.69, 9.17) is 11.6 Å². The first-order chi connectivity index (χ1) is 17.5. The van der Waals surface area contributed by atoms with Gasteiger partial charge in [-0.25, -0.2) is 12.8 Å². The summed E-state index contributed by atoms with van der Waals surface area (Å²) in [5.41, 5.74) is 1.26. The second-order valence-corrected chi connectivity index (χ2v) is 10.8. The van der Waals surface area contributed by atoms with Crippen LogP contribution in [0.25, 0.3) is 0 Å². The van der Waals surface area contributed by atoms with E-state index in [0.29, 0.717) is 17.1 Å². The smallest absolute Gasteiger partial charge is 0.264 e. The number of carbonyl (C=O) groups excluding carboxylic acids is 2. The van der Waals surface area contributed by atoms with Crippen molar-refractivity contribution in [1.29, 1.82) is 0 Å². The molecule has 0 saturated carbocycles. The quantitative estimate of drug-likeness (QED) is 0.405. The number of rotatable bonds is 10. The second kappa shape index (κ2) is 12.2. The Hall–Kier alpha value is -3.43. The molecule has 0 aromatic heterocycles. The van der Waals surface area contributed by atoms with Crippen LogP contribution in [-0.4, -0.2) is 44.3 Å². The molecule has 7 nitrogen and oxygen atoms in total. The van der Waals surface area contributed by atoms with Crippen LogP contribution >= 0.6 is 11.6 Å². The Morgan fingerprint density at radius 3 is 2.22 bits per heavy atom. The van der Waals surface area contributed by atoms with E-state index in [1.165, 1.54) is 35.2 Å². The average molecular weight is 546 g/mol. The zero-order chi connectivity index (χ0) is 27.2. The number of likely N-dealkylation sites (N-methyl/N-ethyl adjacent to an activating group) is 1. The molecule has 1 atom stereocenters. The van der Waals surface area contributed by atoms with Gasteiger partial charge in [0.25, 0.3) is 10.0 Å². The molecule has 0 aliphatic rings. The van der Waals surface area contributed by atoms with Gasteiger partial charge in [0.1, 0.15) is 18.4 Å². The highest BCUT2D eigenvalue weighted by molar-refractivity contribution is 7.92. The number of benzene rings is 3. The lowest BCUT2D eigenvalue weighted by Gasteiger charge is -2.32. The van der Waals surface area contributed by atoms with Crippen molar-refractivity contribution < 1.29 is 22.4 Å². The maximum absolute atomic E-state index is 14.9. The number of para-hydroxylation sites is 1. The maximum Gasteiger partial charge on any atom is 0.264 e. The van der Waals surface area contributed by atoms with Gasteiger partial charge < -0.3 is 10.2 Å². The number of aryl methyl sites for hydroxylation is 1. The predicted molar refractivity (Wildman–Crippen MR) is 142 cm³/mol. The van der Waals surface area contributed by atoms with Gasteiger partial charge in [-0.2, -0.15) is 0 Å². The molecule has 2 amide bonds. The maximum atomic E-state index is 14.9. The lowest BCUT2D eigenvalue weighted by molar-refractivity contribution is -0.139. The molecule has 10 heteroatoms. The molecule has 3 aromatic rings. The summed E-state index contributed by atoms with van der Waals surface area (Å²) in [6.45, 7) is 4.78. The van der Waals surface area contributed by atoms with Gasteiger partial charge >= 0.3 is 0 Å². The number of hydrogen-bond acceptors (Lipinski definition) is 4. The van der Waals surface area contributed by atoms with Gasteiger partial charge in [-0.15, -0.1) is 0 Å². The minimum absolute atomic E-state index is 0.0179. The van der Waals surface area contributed by atoms with Gasteiger partial charge in [0.2, 0.25) is 11.8 Å². The van der Waals surface area contributed by atoms with E-state index in [1.807, 2.05) is 6.92 Å². The number of hydrogen-bond donors (Lipinski definition) is 1. The zero-order valence-electron chi connectivity index (χ0n) is 20.8. The highest BCUT2D eigenvalue weighted by Gasteiger charge is 2.33. The van der Waals surface area contributed by atoms with Crippen LogP contribution in [-0.2, 0) is 26.2 Å². The molecule has 0 radical (unpaired) electrons. The van der Waals surface area contributed by atoms with E-state index in [1.54, 1.807) is 50.2 Å². The Morgan fingerprint density at radius 1 is 1.00 bits per heavy atom. The molecule has 0 unspecified atom stereocenters. The molecular formula is C27H29ClFN3O4S. The SMILES string of the molecule is CCNC(=O)[C@@H](C)N(Cc1ccc(Cl)cc1)C(=O)CN(c1ccccc1F)S(=O)(=O)c1ccc(C)cc1. The van der Waals surface area contributed by atoms with Crippen LogP contribution < -0.4 is 9.62 Å². The first kappa shape index (κ1) is 28.1. The number of anilines is 1. The third-order valence-corrected chi connectivity index (χ3v) is 7.82. The largest absolute Gasteiger partial charge is 0.355 e. The summed E-state index contributed by atoms with van der Waals surface area (Å²) in [4.78, 5) is 27.5. The summed E-state index contributed by atoms with van der Waals surface area (Å²) in [7, 11) is -4.33. The standard InChI is InChI=1S/C27H29ClFN3O4S/c1-4-30-27(34)20(3)31(17-21-11-13-22(28)14-12-21)26(33)18-32(25-8-6-5-7-24(25)29)37(35,36)23-15-9-19(2)10-16-23/h5-16,20H,4,17-18H2,1-3H3,(H,30,34)/t20-/m1/s1. The van der Waals surface area contributed by atoms with Gasteiger partial charge in [0.05, 0.1) is 10.6 Å². The highest BCUT2D eigenvalue weighted by Crippen LogP contribution is 2.27. The Bertz CT molecular complexity index is 1350. The first-order valence-electron chi connectivity index (χ1n) is 11.7. The van der Waals surface area contributed by atoms with Crippen molar-refractivity contribution in [2.24, 2.45) is 0 Å². The molecule has 1 N–H and O–H groups in total. The summed E-state index contributed by atoms with van der Waals surface area (Å²) in [6.07, 6.45) is 0. The third-order valence-electron chi connectivity index (χ3n) is 5.79. The fourth-order valence-electron chi connectivity index (χ4n) is 3.70. The fraction of sp³-hybridized carbons (Fsp3) is 0.259. The predicted octanol–water partition coefficient (Wildman–Crippen LogP) is 4.54. The molecule has 0 fully saturated rings. The lowest BCUT2D eigenvalue weighted by atomic mass is 10.1. The summed E-state index contributed by atoms with van der Waals surface area (Å²) < 4.78 is 42.9. The first-order valence-corrected chi connectivity index (χ1v) is 13.5. The van der Waals surface area contributed by atoms with Gasteiger partial charge in [0.15, 0.2) is 0 Å². The summed E-state index contributed by atoms with van der Waals surface area (Å²) >= 11 is 5.98. The molecule has 0 spiro atoms. The van der Waals surface area contributed by atoms with Crippen molar-refractivity contribution in [3.63, 3.8) is 0 Å². The number of amides is 2. The van der Waals surface area contributed by atoms with Crippen LogP contribution in [0.5, 0.6) is 0 Å². The Kier molecular flexibility index (Phi) is 9.29. The van der Waals surface area contributed by atoms with Crippen molar-refractivity contribution >= 4 is 39.1 Å². The molecular weight excluding hydrogens is 517 g/mol. The van der Waals surface area contributed by atoms with E-state index in [2.05, 4.69) is 5.32 Å². The van der Waals surface area contributed by atoms with Crippen molar-refractivity contribution in [2.75, 3.05) is 17.4 Å². The number of nitrogens with zero attached hydrogens (tertiary/aromatic N) is 2. The Labute approximate surface area is 221 Å². The number of halogens is 2. The minimum atomic E-state index is -4.33. The molecule has 0 heterocycles. The topological polar surface area (TPSA) is 86.8 Å². The van der Waals surface area contributed by atoms with Crippen molar-refractivity contribution in [3.8, 4) is 0 Å². The zero-order valence-corrected chi connectivity index (χ0v) is 22.4. The summed E-state index contributed by atoms with van der Waals surface area (Å²) in [5, 5.41) is 3.19. The number of nitrogens with one attached hydrogen (secondary N) is 1. The molecule has 0 bridgehead atoms. The highest BCUT2D eigenvalue weighted by atomic mass is 35.5. The lowest BCUT2D eigenvalue weighted by Crippen LogP contribution is -2.51. The van der Waals surface area contributed by atoms with Crippen LogP contribution in [0.15, 0.2) is 77.7 Å². The monoisotopic (exact) mass is 545 g/mol. The van der Waals surface area contributed by atoms with Gasteiger partial charge in [-0.3, -0.25) is 13.9 Å². The summed E-state index contributed by atoms with van der Waals surface area (Å²) in [5.74, 6) is -1.87. The Morgan fingerprint density at radius 2 is 1.62 bits per heavy atom. The fourth-order valence-corrected chi connectivity index (χ4v) is 5.24. The minimum Gasteiger partial charge on any atom is -0.355 e. The normalized spacial score (nSPS) is 12.0. The van der Waals surface area contributed by atoms with Gasteiger partial charge in [-0.1, -0.05) is 53.6 Å². The number of sulfonamides is 1.